The second-order valence-corrected chi connectivity index (χ2v) is 8.01. The molecule has 1 aliphatic rings. The number of carbonyl (C=O) groups is 1. The van der Waals surface area contributed by atoms with Crippen LogP contribution in [0.25, 0.3) is 6.08 Å². The first-order valence-corrected chi connectivity index (χ1v) is 10.5. The fraction of sp³-hybridized carbons (Fsp3) is 0.125. The number of rotatable bonds is 6. The number of ether oxygens (including phenoxy) is 2. The molecule has 3 aromatic rings. The molecule has 0 atom stereocenters. The summed E-state index contributed by atoms with van der Waals surface area (Å²) in [5.74, 6) is 1.38. The molecule has 0 amide bonds. The Bertz CT molecular complexity index is 1070. The Morgan fingerprint density at radius 1 is 0.966 bits per heavy atom. The van der Waals surface area contributed by atoms with E-state index in [1.54, 1.807) is 0 Å². The van der Waals surface area contributed by atoms with Gasteiger partial charge in [-0.2, -0.15) is 0 Å². The van der Waals surface area contributed by atoms with E-state index < -0.39 is 0 Å². The van der Waals surface area contributed by atoms with Gasteiger partial charge in [0.15, 0.2) is 11.5 Å². The van der Waals surface area contributed by atoms with E-state index in [2.05, 4.69) is 0 Å². The summed E-state index contributed by atoms with van der Waals surface area (Å²) in [4.78, 5) is 14.3. The molecule has 5 heteroatoms. The molecule has 0 aromatic heterocycles. The number of halogens is 1. The summed E-state index contributed by atoms with van der Waals surface area (Å²) in [6.45, 7) is 2.87. The van der Waals surface area contributed by atoms with Gasteiger partial charge in [0.05, 0.1) is 11.5 Å². The monoisotopic (exact) mass is 422 g/mol. The van der Waals surface area contributed by atoms with Crippen LogP contribution < -0.4 is 9.47 Å². The summed E-state index contributed by atoms with van der Waals surface area (Å²) in [5, 5.41) is 0.697. The summed E-state index contributed by atoms with van der Waals surface area (Å²) in [7, 11) is 0. The van der Waals surface area contributed by atoms with Crippen LogP contribution in [-0.4, -0.2) is 12.4 Å². The number of Topliss-reactive ketones (excluding diaryl/α,β-unsaturated/α-hetero) is 1. The number of thioether (sulfide) groups is 1. The van der Waals surface area contributed by atoms with Crippen molar-refractivity contribution < 1.29 is 14.3 Å². The standard InChI is InChI=1S/C24H19ClO3S/c1-2-27-21-13-17(14-23-24(26)19-5-3-4-6-22(19)29-23)9-12-20(21)28-15-16-7-10-18(25)11-8-16/h3-14H,2,15H2,1H3/b23-14-. The van der Waals surface area contributed by atoms with Gasteiger partial charge in [-0.15, -0.1) is 0 Å². The van der Waals surface area contributed by atoms with Gasteiger partial charge >= 0.3 is 0 Å². The highest BCUT2D eigenvalue weighted by molar-refractivity contribution is 8.04. The number of carbonyl (C=O) groups excluding carboxylic acids is 1. The second-order valence-electron chi connectivity index (χ2n) is 6.49. The first-order chi connectivity index (χ1) is 14.1. The molecule has 29 heavy (non-hydrogen) atoms. The van der Waals surface area contributed by atoms with Crippen molar-refractivity contribution in [3.05, 3.63) is 93.3 Å². The molecule has 0 bridgehead atoms. The van der Waals surface area contributed by atoms with Crippen LogP contribution in [0.15, 0.2) is 76.5 Å². The molecular weight excluding hydrogens is 404 g/mol. The summed E-state index contributed by atoms with van der Waals surface area (Å²) in [6, 6.07) is 20.9. The van der Waals surface area contributed by atoms with E-state index in [4.69, 9.17) is 21.1 Å². The van der Waals surface area contributed by atoms with Crippen molar-refractivity contribution in [2.45, 2.75) is 18.4 Å². The molecule has 0 aliphatic carbocycles. The van der Waals surface area contributed by atoms with Gasteiger partial charge in [0.1, 0.15) is 6.61 Å². The van der Waals surface area contributed by atoms with Gasteiger partial charge in [0, 0.05) is 15.5 Å². The second kappa shape index (κ2) is 8.76. The average molecular weight is 423 g/mol. The maximum atomic E-state index is 12.6. The first-order valence-electron chi connectivity index (χ1n) is 9.31. The first kappa shape index (κ1) is 19.6. The molecule has 0 saturated heterocycles. The van der Waals surface area contributed by atoms with E-state index in [-0.39, 0.29) is 5.78 Å². The van der Waals surface area contributed by atoms with Gasteiger partial charge in [-0.3, -0.25) is 4.79 Å². The van der Waals surface area contributed by atoms with Crippen LogP contribution in [0.4, 0.5) is 0 Å². The van der Waals surface area contributed by atoms with E-state index in [0.717, 1.165) is 21.6 Å². The fourth-order valence-corrected chi connectivity index (χ4v) is 4.21. The Labute approximate surface area is 179 Å². The predicted molar refractivity (Wildman–Crippen MR) is 118 cm³/mol. The van der Waals surface area contributed by atoms with E-state index >= 15 is 0 Å². The molecule has 0 spiro atoms. The van der Waals surface area contributed by atoms with Crippen LogP contribution in [-0.2, 0) is 6.61 Å². The smallest absolute Gasteiger partial charge is 0.200 e. The van der Waals surface area contributed by atoms with Gasteiger partial charge < -0.3 is 9.47 Å². The minimum Gasteiger partial charge on any atom is -0.490 e. The molecule has 1 heterocycles. The highest BCUT2D eigenvalue weighted by atomic mass is 35.5. The van der Waals surface area contributed by atoms with E-state index in [1.165, 1.54) is 11.8 Å². The summed E-state index contributed by atoms with van der Waals surface area (Å²) >= 11 is 7.43. The van der Waals surface area contributed by atoms with Gasteiger partial charge in [0.2, 0.25) is 5.78 Å². The van der Waals surface area contributed by atoms with Crippen LogP contribution in [0.3, 0.4) is 0 Å². The summed E-state index contributed by atoms with van der Waals surface area (Å²) in [5.41, 5.74) is 2.68. The van der Waals surface area contributed by atoms with Crippen molar-refractivity contribution in [3.8, 4) is 11.5 Å². The van der Waals surface area contributed by atoms with Gasteiger partial charge in [-0.1, -0.05) is 53.7 Å². The number of ketones is 1. The molecule has 3 nitrogen and oxygen atoms in total. The normalized spacial score (nSPS) is 14.1. The molecule has 0 saturated carbocycles. The maximum Gasteiger partial charge on any atom is 0.200 e. The third kappa shape index (κ3) is 4.50. The molecule has 0 unspecified atom stereocenters. The van der Waals surface area contributed by atoms with E-state index in [0.29, 0.717) is 34.6 Å². The quantitative estimate of drug-likeness (QED) is 0.417. The van der Waals surface area contributed by atoms with Crippen molar-refractivity contribution in [1.29, 1.82) is 0 Å². The number of fused-ring (bicyclic) bond motifs is 1. The van der Waals surface area contributed by atoms with Crippen molar-refractivity contribution in [3.63, 3.8) is 0 Å². The highest BCUT2D eigenvalue weighted by Crippen LogP contribution is 2.41. The summed E-state index contributed by atoms with van der Waals surface area (Å²) in [6.07, 6.45) is 1.90. The van der Waals surface area contributed by atoms with E-state index in [9.17, 15) is 4.79 Å². The van der Waals surface area contributed by atoms with Crippen LogP contribution in [0, 0.1) is 0 Å². The zero-order valence-corrected chi connectivity index (χ0v) is 17.4. The van der Waals surface area contributed by atoms with Gasteiger partial charge in [-0.05, 0) is 60.5 Å². The Hall–Kier alpha value is -2.69. The Morgan fingerprint density at radius 2 is 1.76 bits per heavy atom. The largest absolute Gasteiger partial charge is 0.490 e. The molecule has 4 rings (SSSR count). The number of benzene rings is 3. The fourth-order valence-electron chi connectivity index (χ4n) is 3.03. The third-order valence-electron chi connectivity index (χ3n) is 4.45. The minimum absolute atomic E-state index is 0.0617. The SMILES string of the molecule is CCOc1cc(/C=C2\Sc3ccccc3C2=O)ccc1OCc1ccc(Cl)cc1. The van der Waals surface area contributed by atoms with Crippen LogP contribution in [0.2, 0.25) is 5.02 Å². The summed E-state index contributed by atoms with van der Waals surface area (Å²) < 4.78 is 11.7. The Kier molecular flexibility index (Phi) is 5.93. The molecule has 0 N–H and O–H groups in total. The van der Waals surface area contributed by atoms with Gasteiger partial charge in [0.25, 0.3) is 0 Å². The molecule has 146 valence electrons. The topological polar surface area (TPSA) is 35.5 Å². The number of allylic oxidation sites excluding steroid dienone is 1. The zero-order chi connectivity index (χ0) is 20.2. The van der Waals surface area contributed by atoms with Crippen LogP contribution in [0.1, 0.15) is 28.4 Å². The molecule has 1 aliphatic heterocycles. The third-order valence-corrected chi connectivity index (χ3v) is 5.80. The number of hydrogen-bond acceptors (Lipinski definition) is 4. The van der Waals surface area contributed by atoms with E-state index in [1.807, 2.05) is 79.7 Å². The van der Waals surface area contributed by atoms with Crippen molar-refractivity contribution in [2.24, 2.45) is 0 Å². The Balaban J connectivity index is 1.54. The van der Waals surface area contributed by atoms with Gasteiger partial charge in [-0.25, -0.2) is 0 Å². The van der Waals surface area contributed by atoms with Crippen LogP contribution in [0.5, 0.6) is 11.5 Å². The maximum absolute atomic E-state index is 12.6. The van der Waals surface area contributed by atoms with Crippen molar-refractivity contribution in [1.82, 2.24) is 0 Å². The predicted octanol–water partition coefficient (Wildman–Crippen LogP) is 6.65. The highest BCUT2D eigenvalue weighted by Gasteiger charge is 2.25. The molecule has 0 radical (unpaired) electrons. The molecule has 3 aromatic carbocycles. The lowest BCUT2D eigenvalue weighted by molar-refractivity contribution is 0.104. The lowest BCUT2D eigenvalue weighted by Gasteiger charge is -2.13. The minimum atomic E-state index is 0.0617. The molecule has 0 fully saturated rings. The lowest BCUT2D eigenvalue weighted by Crippen LogP contribution is -2.00. The molecular formula is C24H19ClO3S. The van der Waals surface area contributed by atoms with Crippen molar-refractivity contribution in [2.75, 3.05) is 6.61 Å². The average Bonchev–Trinajstić information content (AvgIpc) is 3.04. The number of hydrogen-bond donors (Lipinski definition) is 0. The zero-order valence-electron chi connectivity index (χ0n) is 15.9. The Morgan fingerprint density at radius 3 is 2.52 bits per heavy atom. The van der Waals surface area contributed by atoms with Crippen LogP contribution >= 0.6 is 23.4 Å². The lowest BCUT2D eigenvalue weighted by atomic mass is 10.1. The van der Waals surface area contributed by atoms with Crippen molar-refractivity contribution >= 4 is 35.2 Å².